The minimum atomic E-state index is -2.11. The van der Waals surface area contributed by atoms with Crippen LogP contribution in [0.2, 0.25) is 18.1 Å². The van der Waals surface area contributed by atoms with Gasteiger partial charge in [0.2, 0.25) is 0 Å². The van der Waals surface area contributed by atoms with E-state index in [4.69, 9.17) is 13.9 Å². The lowest BCUT2D eigenvalue weighted by atomic mass is 10.00. The Labute approximate surface area is 201 Å². The molecule has 6 nitrogen and oxygen atoms in total. The highest BCUT2D eigenvalue weighted by atomic mass is 32.2. The third-order valence-electron chi connectivity index (χ3n) is 6.30. The van der Waals surface area contributed by atoms with Gasteiger partial charge >= 0.3 is 5.97 Å². The Bertz CT molecular complexity index is 902. The van der Waals surface area contributed by atoms with Gasteiger partial charge in [-0.15, -0.1) is 0 Å². The normalized spacial score (nSPS) is 26.1. The van der Waals surface area contributed by atoms with E-state index < -0.39 is 44.1 Å². The Morgan fingerprint density at radius 3 is 2.15 bits per heavy atom. The van der Waals surface area contributed by atoms with Gasteiger partial charge in [0.05, 0.1) is 12.2 Å². The number of carbonyl (C=O) groups is 1. The summed E-state index contributed by atoms with van der Waals surface area (Å²) < 4.78 is 18.0. The Morgan fingerprint density at radius 2 is 1.58 bits per heavy atom. The number of ether oxygens (including phenoxy) is 2. The average molecular weight is 491 g/mol. The van der Waals surface area contributed by atoms with Gasteiger partial charge < -0.3 is 24.1 Å². The lowest BCUT2D eigenvalue weighted by molar-refractivity contribution is -0.205. The summed E-state index contributed by atoms with van der Waals surface area (Å²) in [6.45, 7) is 10.8. The molecule has 5 atom stereocenters. The molecule has 0 aromatic heterocycles. The molecule has 33 heavy (non-hydrogen) atoms. The number of hydrogen-bond acceptors (Lipinski definition) is 7. The molecule has 2 aromatic rings. The second-order valence-electron chi connectivity index (χ2n) is 9.76. The Kier molecular flexibility index (Phi) is 8.42. The fourth-order valence-electron chi connectivity index (χ4n) is 3.18. The van der Waals surface area contributed by atoms with E-state index in [9.17, 15) is 15.0 Å². The van der Waals surface area contributed by atoms with Crippen LogP contribution >= 0.6 is 11.8 Å². The first-order valence-electron chi connectivity index (χ1n) is 11.1. The van der Waals surface area contributed by atoms with E-state index in [1.807, 2.05) is 30.3 Å². The van der Waals surface area contributed by atoms with E-state index in [1.54, 1.807) is 30.3 Å². The highest BCUT2D eigenvalue weighted by Crippen LogP contribution is 2.38. The standard InChI is InChI=1S/C25H34O6SSi/c1-25(2,3)33(4,5)29-16-19-20(26)22(31-23(28)17-12-8-6-9-13-17)21(27)24(30-19)32-18-14-10-7-11-15-18/h6-15,19-22,24,26-27H,16H2,1-5H3/t19-,20-,21+,22+,24-/m1/s1. The molecule has 0 saturated carbocycles. The van der Waals surface area contributed by atoms with Crippen LogP contribution < -0.4 is 0 Å². The van der Waals surface area contributed by atoms with Crippen molar-refractivity contribution >= 4 is 26.0 Å². The molecule has 1 heterocycles. The molecule has 180 valence electrons. The Balaban J connectivity index is 1.81. The van der Waals surface area contributed by atoms with Gasteiger partial charge in [-0.2, -0.15) is 0 Å². The zero-order chi connectivity index (χ0) is 24.2. The number of benzene rings is 2. The second-order valence-corrected chi connectivity index (χ2v) is 15.7. The van der Waals surface area contributed by atoms with Gasteiger partial charge in [0, 0.05) is 4.90 Å². The molecule has 0 amide bonds. The summed E-state index contributed by atoms with van der Waals surface area (Å²) in [6.07, 6.45) is -4.36. The van der Waals surface area contributed by atoms with Gasteiger partial charge in [-0.25, -0.2) is 4.79 Å². The predicted octanol–water partition coefficient (Wildman–Crippen LogP) is 4.47. The predicted molar refractivity (Wildman–Crippen MR) is 132 cm³/mol. The molecule has 2 aromatic carbocycles. The minimum absolute atomic E-state index is 0.0104. The number of carbonyl (C=O) groups excluding carboxylic acids is 1. The lowest BCUT2D eigenvalue weighted by Gasteiger charge is -2.44. The zero-order valence-electron chi connectivity index (χ0n) is 19.8. The van der Waals surface area contributed by atoms with Gasteiger partial charge in [0.15, 0.2) is 14.4 Å². The van der Waals surface area contributed by atoms with E-state index >= 15 is 0 Å². The maximum Gasteiger partial charge on any atom is 0.338 e. The van der Waals surface area contributed by atoms with Crippen LogP contribution in [0.1, 0.15) is 31.1 Å². The molecule has 1 aliphatic heterocycles. The van der Waals surface area contributed by atoms with E-state index in [1.165, 1.54) is 11.8 Å². The largest absolute Gasteiger partial charge is 0.453 e. The van der Waals surface area contributed by atoms with Crippen molar-refractivity contribution in [1.29, 1.82) is 0 Å². The number of hydrogen-bond donors (Lipinski definition) is 2. The smallest absolute Gasteiger partial charge is 0.338 e. The Hall–Kier alpha value is -1.68. The van der Waals surface area contributed by atoms with Crippen LogP contribution in [0.15, 0.2) is 65.6 Å². The van der Waals surface area contributed by atoms with Crippen LogP contribution in [-0.2, 0) is 13.9 Å². The molecule has 2 N–H and O–H groups in total. The van der Waals surface area contributed by atoms with Crippen LogP contribution in [0.25, 0.3) is 0 Å². The summed E-state index contributed by atoms with van der Waals surface area (Å²) in [6, 6.07) is 18.1. The molecule has 0 unspecified atom stereocenters. The van der Waals surface area contributed by atoms with Crippen molar-refractivity contribution in [2.24, 2.45) is 0 Å². The summed E-state index contributed by atoms with van der Waals surface area (Å²) >= 11 is 1.33. The van der Waals surface area contributed by atoms with E-state index in [0.29, 0.717) is 5.56 Å². The van der Waals surface area contributed by atoms with Gasteiger partial charge in [0.25, 0.3) is 0 Å². The van der Waals surface area contributed by atoms with Crippen LogP contribution in [-0.4, -0.2) is 61.0 Å². The zero-order valence-corrected chi connectivity index (χ0v) is 21.6. The molecular weight excluding hydrogens is 456 g/mol. The van der Waals surface area contributed by atoms with E-state index in [2.05, 4.69) is 33.9 Å². The molecule has 8 heteroatoms. The van der Waals surface area contributed by atoms with Crippen LogP contribution in [0.4, 0.5) is 0 Å². The number of esters is 1. The fraction of sp³-hybridized carbons (Fsp3) is 0.480. The quantitative estimate of drug-likeness (QED) is 0.437. The average Bonchev–Trinajstić information content (AvgIpc) is 2.78. The highest BCUT2D eigenvalue weighted by molar-refractivity contribution is 7.99. The number of aliphatic hydroxyl groups excluding tert-OH is 2. The summed E-state index contributed by atoms with van der Waals surface area (Å²) in [5, 5.41) is 22.0. The molecule has 1 fully saturated rings. The van der Waals surface area contributed by atoms with Crippen molar-refractivity contribution in [3.63, 3.8) is 0 Å². The summed E-state index contributed by atoms with van der Waals surface area (Å²) in [4.78, 5) is 13.6. The van der Waals surface area contributed by atoms with E-state index in [0.717, 1.165) is 4.90 Å². The lowest BCUT2D eigenvalue weighted by Crippen LogP contribution is -2.60. The van der Waals surface area contributed by atoms with Crippen LogP contribution in [0, 0.1) is 0 Å². The summed E-state index contributed by atoms with van der Waals surface area (Å²) in [5.41, 5.74) is -0.387. The Morgan fingerprint density at radius 1 is 1.00 bits per heavy atom. The molecular formula is C25H34O6SSi. The van der Waals surface area contributed by atoms with Gasteiger partial charge in [-0.05, 0) is 42.4 Å². The molecule has 0 radical (unpaired) electrons. The molecule has 0 aliphatic carbocycles. The molecule has 3 rings (SSSR count). The molecule has 0 bridgehead atoms. The topological polar surface area (TPSA) is 85.2 Å². The number of aliphatic hydroxyl groups is 2. The van der Waals surface area contributed by atoms with Crippen molar-refractivity contribution in [2.45, 2.75) is 73.7 Å². The third-order valence-corrected chi connectivity index (χ3v) is 12.0. The molecule has 0 spiro atoms. The first-order valence-corrected chi connectivity index (χ1v) is 14.9. The molecule has 1 aliphatic rings. The number of thioether (sulfide) groups is 1. The number of rotatable bonds is 7. The summed E-state index contributed by atoms with van der Waals surface area (Å²) in [7, 11) is -2.11. The van der Waals surface area contributed by atoms with Crippen LogP contribution in [0.3, 0.4) is 0 Å². The fourth-order valence-corrected chi connectivity index (χ4v) is 5.27. The summed E-state index contributed by atoms with van der Waals surface area (Å²) in [5.74, 6) is -0.604. The SMILES string of the molecule is CC(C)(C)[Si](C)(C)OC[C@H]1O[C@H](Sc2ccccc2)[C@@H](O)[C@@H](OC(=O)c2ccccc2)[C@@H]1O. The molecule has 1 saturated heterocycles. The van der Waals surface area contributed by atoms with Gasteiger partial charge in [-0.3, -0.25) is 0 Å². The van der Waals surface area contributed by atoms with Gasteiger partial charge in [0.1, 0.15) is 23.7 Å². The van der Waals surface area contributed by atoms with Crippen molar-refractivity contribution in [1.82, 2.24) is 0 Å². The van der Waals surface area contributed by atoms with Crippen molar-refractivity contribution < 1.29 is 28.9 Å². The van der Waals surface area contributed by atoms with Gasteiger partial charge in [-0.1, -0.05) is 68.9 Å². The van der Waals surface area contributed by atoms with Crippen LogP contribution in [0.5, 0.6) is 0 Å². The van der Waals surface area contributed by atoms with Crippen molar-refractivity contribution in [2.75, 3.05) is 6.61 Å². The maximum absolute atomic E-state index is 12.7. The van der Waals surface area contributed by atoms with Crippen molar-refractivity contribution in [3.8, 4) is 0 Å². The third kappa shape index (κ3) is 6.47. The monoisotopic (exact) mass is 490 g/mol. The highest BCUT2D eigenvalue weighted by Gasteiger charge is 2.48. The van der Waals surface area contributed by atoms with E-state index in [-0.39, 0.29) is 11.6 Å². The first-order chi connectivity index (χ1) is 15.5. The second kappa shape index (κ2) is 10.7. The maximum atomic E-state index is 12.7. The minimum Gasteiger partial charge on any atom is -0.453 e. The van der Waals surface area contributed by atoms with Crippen molar-refractivity contribution in [3.05, 3.63) is 66.2 Å². The first kappa shape index (κ1) is 25.9.